The van der Waals surface area contributed by atoms with Crippen LogP contribution < -0.4 is 15.4 Å². The van der Waals surface area contributed by atoms with Crippen molar-refractivity contribution in [2.45, 2.75) is 26.0 Å². The van der Waals surface area contributed by atoms with Crippen LogP contribution in [0.1, 0.15) is 18.9 Å². The van der Waals surface area contributed by atoms with Crippen molar-refractivity contribution in [3.8, 4) is 5.75 Å². The number of aliphatic imine (C=N–C) groups is 1. The van der Waals surface area contributed by atoms with Crippen molar-refractivity contribution in [2.24, 2.45) is 4.99 Å². The first-order valence-corrected chi connectivity index (χ1v) is 8.62. The number of guanidine groups is 1. The van der Waals surface area contributed by atoms with Crippen LogP contribution in [-0.4, -0.2) is 30.6 Å². The molecule has 0 aliphatic carbocycles. The Morgan fingerprint density at radius 2 is 2.04 bits per heavy atom. The Balaban J connectivity index is 1.88. The largest absolute Gasteiger partial charge is 0.486 e. The van der Waals surface area contributed by atoms with E-state index in [0.717, 1.165) is 5.56 Å². The van der Waals surface area contributed by atoms with E-state index < -0.39 is 10.7 Å². The number of benzene rings is 2. The van der Waals surface area contributed by atoms with Gasteiger partial charge >= 0.3 is 0 Å². The van der Waals surface area contributed by atoms with E-state index in [4.69, 9.17) is 4.74 Å². The van der Waals surface area contributed by atoms with Gasteiger partial charge in [-0.25, -0.2) is 4.39 Å². The van der Waals surface area contributed by atoms with E-state index in [1.807, 2.05) is 6.92 Å². The SMILES string of the molecule is CCC(CNC(=NC)NCc1cccc([N+](=O)[O-])c1)Oc1ccccc1F. The van der Waals surface area contributed by atoms with Crippen LogP contribution in [0.2, 0.25) is 0 Å². The predicted octanol–water partition coefficient (Wildman–Crippen LogP) is 3.26. The molecule has 144 valence electrons. The lowest BCUT2D eigenvalue weighted by atomic mass is 10.2. The van der Waals surface area contributed by atoms with E-state index in [1.165, 1.54) is 18.2 Å². The summed E-state index contributed by atoms with van der Waals surface area (Å²) in [6, 6.07) is 12.7. The molecule has 0 fully saturated rings. The fourth-order valence-corrected chi connectivity index (χ4v) is 2.39. The quantitative estimate of drug-likeness (QED) is 0.320. The molecule has 0 amide bonds. The van der Waals surface area contributed by atoms with Gasteiger partial charge in [-0.3, -0.25) is 15.1 Å². The molecular formula is C19H23FN4O3. The summed E-state index contributed by atoms with van der Waals surface area (Å²) in [5, 5.41) is 17.1. The first-order chi connectivity index (χ1) is 13.0. The molecule has 8 heteroatoms. The summed E-state index contributed by atoms with van der Waals surface area (Å²) in [4.78, 5) is 14.5. The van der Waals surface area contributed by atoms with Gasteiger partial charge < -0.3 is 15.4 Å². The highest BCUT2D eigenvalue weighted by atomic mass is 19.1. The highest BCUT2D eigenvalue weighted by molar-refractivity contribution is 5.79. The fourth-order valence-electron chi connectivity index (χ4n) is 2.39. The number of nitrogens with zero attached hydrogens (tertiary/aromatic N) is 2. The Kier molecular flexibility index (Phi) is 7.54. The van der Waals surface area contributed by atoms with E-state index in [-0.39, 0.29) is 17.5 Å². The van der Waals surface area contributed by atoms with Crippen LogP contribution in [0, 0.1) is 15.9 Å². The maximum Gasteiger partial charge on any atom is 0.269 e. The Labute approximate surface area is 157 Å². The van der Waals surface area contributed by atoms with Crippen molar-refractivity contribution < 1.29 is 14.1 Å². The Bertz CT molecular complexity index is 798. The van der Waals surface area contributed by atoms with Crippen molar-refractivity contribution in [2.75, 3.05) is 13.6 Å². The zero-order valence-corrected chi connectivity index (χ0v) is 15.3. The molecule has 0 saturated heterocycles. The van der Waals surface area contributed by atoms with Gasteiger partial charge in [0.25, 0.3) is 5.69 Å². The zero-order valence-electron chi connectivity index (χ0n) is 15.3. The summed E-state index contributed by atoms with van der Waals surface area (Å²) in [6.45, 7) is 2.76. The van der Waals surface area contributed by atoms with E-state index in [2.05, 4.69) is 15.6 Å². The lowest BCUT2D eigenvalue weighted by Gasteiger charge is -2.20. The van der Waals surface area contributed by atoms with Crippen molar-refractivity contribution in [1.29, 1.82) is 0 Å². The second-order valence-electron chi connectivity index (χ2n) is 5.81. The van der Waals surface area contributed by atoms with Crippen LogP contribution in [0.15, 0.2) is 53.5 Å². The monoisotopic (exact) mass is 374 g/mol. The fraction of sp³-hybridized carbons (Fsp3) is 0.316. The van der Waals surface area contributed by atoms with Gasteiger partial charge in [-0.1, -0.05) is 31.2 Å². The van der Waals surface area contributed by atoms with E-state index in [0.29, 0.717) is 25.5 Å². The summed E-state index contributed by atoms with van der Waals surface area (Å²) in [5.74, 6) is 0.340. The molecule has 0 aliphatic heterocycles. The van der Waals surface area contributed by atoms with Gasteiger partial charge in [0.15, 0.2) is 17.5 Å². The third-order valence-electron chi connectivity index (χ3n) is 3.89. The number of non-ortho nitro benzene ring substituents is 1. The number of nitro groups is 1. The molecule has 1 unspecified atom stereocenters. The number of para-hydroxylation sites is 1. The van der Waals surface area contributed by atoms with Crippen molar-refractivity contribution in [3.63, 3.8) is 0 Å². The minimum atomic E-state index is -0.428. The Morgan fingerprint density at radius 1 is 1.26 bits per heavy atom. The van der Waals surface area contributed by atoms with Crippen molar-refractivity contribution >= 4 is 11.6 Å². The predicted molar refractivity (Wildman–Crippen MR) is 102 cm³/mol. The summed E-state index contributed by atoms with van der Waals surface area (Å²) in [5.41, 5.74) is 0.809. The Hall–Kier alpha value is -3.16. The maximum absolute atomic E-state index is 13.7. The molecule has 0 spiro atoms. The molecule has 27 heavy (non-hydrogen) atoms. The third kappa shape index (κ3) is 6.25. The molecule has 2 aromatic carbocycles. The molecule has 0 aromatic heterocycles. The average molecular weight is 374 g/mol. The van der Waals surface area contributed by atoms with Crippen LogP contribution >= 0.6 is 0 Å². The lowest BCUT2D eigenvalue weighted by Crippen LogP contribution is -2.42. The molecule has 0 saturated carbocycles. The highest BCUT2D eigenvalue weighted by Gasteiger charge is 2.12. The number of hydrogen-bond donors (Lipinski definition) is 2. The smallest absolute Gasteiger partial charge is 0.269 e. The van der Waals surface area contributed by atoms with Gasteiger partial charge in [0, 0.05) is 25.7 Å². The molecule has 0 bridgehead atoms. The van der Waals surface area contributed by atoms with Gasteiger partial charge in [0.05, 0.1) is 11.5 Å². The van der Waals surface area contributed by atoms with Crippen molar-refractivity contribution in [1.82, 2.24) is 10.6 Å². The van der Waals surface area contributed by atoms with Gasteiger partial charge in [0.1, 0.15) is 6.10 Å². The number of nitro benzene ring substituents is 1. The third-order valence-corrected chi connectivity index (χ3v) is 3.89. The van der Waals surface area contributed by atoms with Crippen LogP contribution in [0.3, 0.4) is 0 Å². The molecule has 7 nitrogen and oxygen atoms in total. The van der Waals surface area contributed by atoms with Crippen LogP contribution in [-0.2, 0) is 6.54 Å². The van der Waals surface area contributed by atoms with Gasteiger partial charge in [-0.2, -0.15) is 0 Å². The minimum absolute atomic E-state index is 0.0431. The summed E-state index contributed by atoms with van der Waals surface area (Å²) >= 11 is 0. The molecular weight excluding hydrogens is 351 g/mol. The van der Waals surface area contributed by atoms with Gasteiger partial charge in [-0.15, -0.1) is 0 Å². The van der Waals surface area contributed by atoms with E-state index in [1.54, 1.807) is 37.4 Å². The Morgan fingerprint density at radius 3 is 2.70 bits per heavy atom. The maximum atomic E-state index is 13.7. The zero-order chi connectivity index (χ0) is 19.6. The molecule has 2 aromatic rings. The molecule has 0 heterocycles. The number of hydrogen-bond acceptors (Lipinski definition) is 4. The minimum Gasteiger partial charge on any atom is -0.486 e. The highest BCUT2D eigenvalue weighted by Crippen LogP contribution is 2.17. The lowest BCUT2D eigenvalue weighted by molar-refractivity contribution is -0.384. The number of nitrogens with one attached hydrogen (secondary N) is 2. The normalized spacial score (nSPS) is 12.3. The van der Waals surface area contributed by atoms with Gasteiger partial charge in [0.2, 0.25) is 0 Å². The first-order valence-electron chi connectivity index (χ1n) is 8.62. The second kappa shape index (κ2) is 10.1. The average Bonchev–Trinajstić information content (AvgIpc) is 2.68. The number of rotatable bonds is 8. The molecule has 2 rings (SSSR count). The van der Waals surface area contributed by atoms with Crippen LogP contribution in [0.4, 0.5) is 10.1 Å². The second-order valence-corrected chi connectivity index (χ2v) is 5.81. The van der Waals surface area contributed by atoms with E-state index >= 15 is 0 Å². The van der Waals surface area contributed by atoms with Crippen molar-refractivity contribution in [3.05, 3.63) is 70.0 Å². The summed E-state index contributed by atoms with van der Waals surface area (Å²) in [7, 11) is 1.63. The molecule has 0 radical (unpaired) electrons. The molecule has 1 atom stereocenters. The van der Waals surface area contributed by atoms with E-state index in [9.17, 15) is 14.5 Å². The van der Waals surface area contributed by atoms with Crippen LogP contribution in [0.5, 0.6) is 5.75 Å². The number of halogens is 1. The topological polar surface area (TPSA) is 88.8 Å². The number of ether oxygens (including phenoxy) is 1. The molecule has 2 N–H and O–H groups in total. The van der Waals surface area contributed by atoms with Crippen LogP contribution in [0.25, 0.3) is 0 Å². The first kappa shape index (κ1) is 20.2. The standard InChI is InChI=1S/C19H23FN4O3/c1-3-16(27-18-10-5-4-9-17(18)20)13-23-19(21-2)22-12-14-7-6-8-15(11-14)24(25)26/h4-11,16H,3,12-13H2,1-2H3,(H2,21,22,23). The molecule has 0 aliphatic rings. The summed E-state index contributed by atoms with van der Waals surface area (Å²) < 4.78 is 19.4. The van der Waals surface area contributed by atoms with Gasteiger partial charge in [-0.05, 0) is 24.1 Å². The summed E-state index contributed by atoms with van der Waals surface area (Å²) in [6.07, 6.45) is 0.446.